The Balaban J connectivity index is 1.82. The summed E-state index contributed by atoms with van der Waals surface area (Å²) >= 11 is 6.36. The molecule has 1 aliphatic heterocycles. The number of carboxylic acids is 1. The first-order chi connectivity index (χ1) is 16.9. The first-order valence-corrected chi connectivity index (χ1v) is 11.9. The van der Waals surface area contributed by atoms with E-state index >= 15 is 0 Å². The lowest BCUT2D eigenvalue weighted by Gasteiger charge is -2.43. The average molecular weight is 493 g/mol. The molecule has 0 saturated carbocycles. The van der Waals surface area contributed by atoms with E-state index in [9.17, 15) is 9.90 Å². The van der Waals surface area contributed by atoms with Gasteiger partial charge in [0.15, 0.2) is 18.1 Å². The highest BCUT2D eigenvalue weighted by Crippen LogP contribution is 2.54. The molecule has 3 aromatic rings. The van der Waals surface area contributed by atoms with Gasteiger partial charge in [-0.15, -0.1) is 0 Å². The van der Waals surface area contributed by atoms with Crippen LogP contribution in [-0.2, 0) is 9.53 Å². The third-order valence-corrected chi connectivity index (χ3v) is 6.68. The van der Waals surface area contributed by atoms with Crippen LogP contribution in [-0.4, -0.2) is 24.8 Å². The maximum absolute atomic E-state index is 11.3. The molecule has 0 amide bonds. The van der Waals surface area contributed by atoms with Crippen LogP contribution in [0, 0.1) is 5.92 Å². The molecule has 0 aliphatic carbocycles. The summed E-state index contributed by atoms with van der Waals surface area (Å²) in [4.78, 5) is 11.3. The molecule has 4 atom stereocenters. The molecule has 0 unspecified atom stereocenters. The highest BCUT2D eigenvalue weighted by Gasteiger charge is 2.42. The summed E-state index contributed by atoms with van der Waals surface area (Å²) in [5.74, 6) is -0.227. The van der Waals surface area contributed by atoms with Gasteiger partial charge in [0, 0.05) is 22.4 Å². The van der Waals surface area contributed by atoms with Gasteiger partial charge < -0.3 is 19.3 Å². The van der Waals surface area contributed by atoms with Crippen molar-refractivity contribution in [2.75, 3.05) is 13.7 Å². The molecular formula is C29H29ClO5. The van der Waals surface area contributed by atoms with Crippen LogP contribution in [0.5, 0.6) is 11.5 Å². The Morgan fingerprint density at radius 2 is 1.77 bits per heavy atom. The molecule has 35 heavy (non-hydrogen) atoms. The maximum Gasteiger partial charge on any atom is 0.341 e. The first-order valence-electron chi connectivity index (χ1n) is 11.5. The number of aliphatic carboxylic acids is 1. The Morgan fingerprint density at radius 3 is 2.43 bits per heavy atom. The lowest BCUT2D eigenvalue weighted by atomic mass is 9.74. The molecule has 1 saturated heterocycles. The van der Waals surface area contributed by atoms with Gasteiger partial charge in [-0.1, -0.05) is 78.4 Å². The van der Waals surface area contributed by atoms with E-state index in [0.29, 0.717) is 16.5 Å². The smallest absolute Gasteiger partial charge is 0.341 e. The van der Waals surface area contributed by atoms with Gasteiger partial charge in [-0.25, -0.2) is 4.79 Å². The number of hydrogen-bond acceptors (Lipinski definition) is 4. The molecule has 0 aromatic heterocycles. The van der Waals surface area contributed by atoms with Crippen LogP contribution in [0.15, 0.2) is 84.9 Å². The summed E-state index contributed by atoms with van der Waals surface area (Å²) in [5, 5.41) is 9.91. The van der Waals surface area contributed by atoms with E-state index in [1.807, 2.05) is 55.5 Å². The van der Waals surface area contributed by atoms with Gasteiger partial charge in [0.1, 0.15) is 0 Å². The van der Waals surface area contributed by atoms with Crippen molar-refractivity contribution in [2.45, 2.75) is 31.5 Å². The largest absolute Gasteiger partial charge is 0.493 e. The Labute approximate surface area is 210 Å². The number of methoxy groups -OCH3 is 1. The van der Waals surface area contributed by atoms with Crippen molar-refractivity contribution in [3.8, 4) is 11.5 Å². The number of carbonyl (C=O) groups is 1. The van der Waals surface area contributed by atoms with E-state index in [0.717, 1.165) is 28.7 Å². The van der Waals surface area contributed by atoms with Crippen LogP contribution in [0.25, 0.3) is 0 Å². The minimum atomic E-state index is -1.06. The molecule has 0 radical (unpaired) electrons. The fourth-order valence-corrected chi connectivity index (χ4v) is 5.02. The van der Waals surface area contributed by atoms with Crippen molar-refractivity contribution >= 4 is 17.6 Å². The Bertz CT molecular complexity index is 1190. The number of rotatable bonds is 8. The van der Waals surface area contributed by atoms with Crippen molar-refractivity contribution < 1.29 is 24.1 Å². The number of ether oxygens (including phenoxy) is 3. The molecule has 182 valence electrons. The molecule has 6 heteroatoms. The van der Waals surface area contributed by atoms with Crippen LogP contribution in [0.2, 0.25) is 5.02 Å². The summed E-state index contributed by atoms with van der Waals surface area (Å²) < 4.78 is 18.1. The topological polar surface area (TPSA) is 65.0 Å². The van der Waals surface area contributed by atoms with Crippen molar-refractivity contribution in [3.63, 3.8) is 0 Å². The number of hydrogen-bond donors (Lipinski definition) is 1. The zero-order valence-electron chi connectivity index (χ0n) is 19.8. The fraction of sp³-hybridized carbons (Fsp3) is 0.276. The molecule has 1 heterocycles. The zero-order valence-corrected chi connectivity index (χ0v) is 20.6. The third-order valence-electron chi connectivity index (χ3n) is 6.45. The van der Waals surface area contributed by atoms with E-state index < -0.39 is 18.7 Å². The van der Waals surface area contributed by atoms with Gasteiger partial charge in [-0.05, 0) is 42.7 Å². The number of para-hydroxylation sites is 1. The quantitative estimate of drug-likeness (QED) is 0.343. The van der Waals surface area contributed by atoms with Crippen molar-refractivity contribution in [1.29, 1.82) is 0 Å². The Hall–Kier alpha value is -3.28. The summed E-state index contributed by atoms with van der Waals surface area (Å²) in [6.45, 7) is 5.79. The lowest BCUT2D eigenvalue weighted by Crippen LogP contribution is -2.32. The van der Waals surface area contributed by atoms with E-state index in [1.54, 1.807) is 6.07 Å². The van der Waals surface area contributed by atoms with E-state index in [1.165, 1.54) is 7.11 Å². The standard InChI is InChI=1S/C29H29ClO5/c1-18(2)23-16-24(20-11-7-12-21(30)15-20)27(19-9-5-4-6-10-19)35-28(23)22-13-8-14-25(33-3)29(22)34-17-26(31)32/h4-15,23-24,27-28H,1,16-17H2,2-3H3,(H,31,32)/t23-,24-,27+,28-/m1/s1. The fourth-order valence-electron chi connectivity index (χ4n) is 4.83. The second-order valence-corrected chi connectivity index (χ2v) is 9.24. The summed E-state index contributed by atoms with van der Waals surface area (Å²) in [6.07, 6.45) is 0.107. The van der Waals surface area contributed by atoms with Gasteiger partial charge >= 0.3 is 5.97 Å². The summed E-state index contributed by atoms with van der Waals surface area (Å²) in [5.41, 5.74) is 3.87. The normalized spacial score (nSPS) is 21.8. The van der Waals surface area contributed by atoms with Gasteiger partial charge in [0.05, 0.1) is 19.3 Å². The molecule has 3 aromatic carbocycles. The van der Waals surface area contributed by atoms with Crippen LogP contribution >= 0.6 is 11.6 Å². The molecular weight excluding hydrogens is 464 g/mol. The molecule has 1 N–H and O–H groups in total. The van der Waals surface area contributed by atoms with E-state index in [4.69, 9.17) is 25.8 Å². The Morgan fingerprint density at radius 1 is 1.06 bits per heavy atom. The highest BCUT2D eigenvalue weighted by atomic mass is 35.5. The second-order valence-electron chi connectivity index (χ2n) is 8.80. The zero-order chi connectivity index (χ0) is 24.9. The minimum absolute atomic E-state index is 0.0433. The average Bonchev–Trinajstić information content (AvgIpc) is 2.86. The second kappa shape index (κ2) is 11.0. The van der Waals surface area contributed by atoms with E-state index in [2.05, 4.69) is 24.8 Å². The monoisotopic (exact) mass is 492 g/mol. The first kappa shape index (κ1) is 24.8. The minimum Gasteiger partial charge on any atom is -0.493 e. The van der Waals surface area contributed by atoms with Crippen molar-refractivity contribution in [2.24, 2.45) is 5.92 Å². The maximum atomic E-state index is 11.3. The third kappa shape index (κ3) is 5.53. The predicted molar refractivity (Wildman–Crippen MR) is 136 cm³/mol. The number of benzene rings is 3. The van der Waals surface area contributed by atoms with Crippen LogP contribution in [0.4, 0.5) is 0 Å². The SMILES string of the molecule is C=C(C)[C@H]1C[C@H](c2cccc(Cl)c2)[C@H](c2ccccc2)O[C@@H]1c1cccc(OC)c1OCC(=O)O. The van der Waals surface area contributed by atoms with Gasteiger partial charge in [-0.3, -0.25) is 0 Å². The Kier molecular flexibility index (Phi) is 7.79. The highest BCUT2D eigenvalue weighted by molar-refractivity contribution is 6.30. The van der Waals surface area contributed by atoms with Crippen molar-refractivity contribution in [1.82, 2.24) is 0 Å². The molecule has 5 nitrogen and oxygen atoms in total. The predicted octanol–water partition coefficient (Wildman–Crippen LogP) is 6.99. The van der Waals surface area contributed by atoms with Crippen LogP contribution in [0.3, 0.4) is 0 Å². The number of halogens is 1. The molecule has 0 bridgehead atoms. The summed E-state index contributed by atoms with van der Waals surface area (Å²) in [6, 6.07) is 23.5. The number of carboxylic acid groups (broad SMARTS) is 1. The van der Waals surface area contributed by atoms with Crippen LogP contribution in [0.1, 0.15) is 48.2 Å². The lowest BCUT2D eigenvalue weighted by molar-refractivity contribution is -0.139. The molecule has 1 aliphatic rings. The van der Waals surface area contributed by atoms with Gasteiger partial charge in [-0.2, -0.15) is 0 Å². The van der Waals surface area contributed by atoms with Crippen molar-refractivity contribution in [3.05, 3.63) is 107 Å². The molecule has 4 rings (SSSR count). The van der Waals surface area contributed by atoms with E-state index in [-0.39, 0.29) is 17.9 Å². The molecule has 0 spiro atoms. The summed E-state index contributed by atoms with van der Waals surface area (Å²) in [7, 11) is 1.53. The molecule has 1 fully saturated rings. The van der Waals surface area contributed by atoms with Gasteiger partial charge in [0.25, 0.3) is 0 Å². The van der Waals surface area contributed by atoms with Crippen LogP contribution < -0.4 is 9.47 Å². The van der Waals surface area contributed by atoms with Gasteiger partial charge in [0.2, 0.25) is 0 Å².